The lowest BCUT2D eigenvalue weighted by atomic mass is 9.58. The number of esters is 2. The molecule has 0 amide bonds. The molecule has 0 bridgehead atoms. The van der Waals surface area contributed by atoms with Gasteiger partial charge in [0.1, 0.15) is 17.4 Å². The number of methoxy groups -OCH3 is 3. The molecule has 1 aromatic carbocycles. The van der Waals surface area contributed by atoms with Gasteiger partial charge in [0, 0.05) is 12.3 Å². The first kappa shape index (κ1) is 22.3. The lowest BCUT2D eigenvalue weighted by Crippen LogP contribution is -2.73. The van der Waals surface area contributed by atoms with Crippen molar-refractivity contribution in [2.24, 2.45) is 5.41 Å². The number of hydrogen-bond acceptors (Lipinski definition) is 8. The minimum Gasteiger partial charge on any atom is -0.497 e. The molecule has 0 unspecified atom stereocenters. The lowest BCUT2D eigenvalue weighted by Gasteiger charge is -2.59. The number of rotatable bonds is 5. The van der Waals surface area contributed by atoms with Crippen LogP contribution in [0, 0.1) is 5.41 Å². The summed E-state index contributed by atoms with van der Waals surface area (Å²) < 4.78 is 15.5. The average Bonchev–Trinajstić information content (AvgIpc) is 2.77. The van der Waals surface area contributed by atoms with E-state index in [9.17, 15) is 9.59 Å². The molecule has 8 nitrogen and oxygen atoms in total. The Morgan fingerprint density at radius 2 is 1.73 bits per heavy atom. The summed E-state index contributed by atoms with van der Waals surface area (Å²) in [6.45, 7) is 7.46. The van der Waals surface area contributed by atoms with Crippen molar-refractivity contribution in [1.82, 2.24) is 5.23 Å². The van der Waals surface area contributed by atoms with Crippen molar-refractivity contribution in [3.05, 3.63) is 42.5 Å². The molecule has 0 aromatic heterocycles. The molecule has 30 heavy (non-hydrogen) atoms. The second-order valence-corrected chi connectivity index (χ2v) is 7.85. The highest BCUT2D eigenvalue weighted by Crippen LogP contribution is 2.57. The summed E-state index contributed by atoms with van der Waals surface area (Å²) in [5.74, 6) is -1.00. The molecule has 2 heterocycles. The van der Waals surface area contributed by atoms with Gasteiger partial charge in [-0.15, -0.1) is 6.58 Å². The predicted molar refractivity (Wildman–Crippen MR) is 107 cm³/mol. The summed E-state index contributed by atoms with van der Waals surface area (Å²) in [4.78, 5) is 38.5. The average molecular weight is 419 g/mol. The number of nitrogens with zero attached hydrogens (tertiary/aromatic N) is 1. The monoisotopic (exact) mass is 419 g/mol. The molecule has 8 heteroatoms. The van der Waals surface area contributed by atoms with E-state index in [-0.39, 0.29) is 18.4 Å². The molecule has 0 saturated carbocycles. The van der Waals surface area contributed by atoms with E-state index in [1.165, 1.54) is 25.5 Å². The van der Waals surface area contributed by atoms with Gasteiger partial charge in [0.05, 0.1) is 27.4 Å². The Kier molecular flexibility index (Phi) is 6.21. The molecule has 4 atom stereocenters. The summed E-state index contributed by atoms with van der Waals surface area (Å²) in [5.41, 5.74) is -2.03. The second kappa shape index (κ2) is 8.37. The first-order chi connectivity index (χ1) is 14.3. The van der Waals surface area contributed by atoms with Gasteiger partial charge < -0.3 is 14.2 Å². The van der Waals surface area contributed by atoms with E-state index in [0.29, 0.717) is 12.2 Å². The van der Waals surface area contributed by atoms with E-state index in [1.807, 2.05) is 31.2 Å². The maximum absolute atomic E-state index is 13.3. The normalized spacial score (nSPS) is 30.6. The minimum atomic E-state index is -1.70. The van der Waals surface area contributed by atoms with Crippen LogP contribution in [0.5, 0.6) is 5.75 Å². The maximum atomic E-state index is 13.3. The van der Waals surface area contributed by atoms with Crippen LogP contribution in [0.3, 0.4) is 0 Å². The van der Waals surface area contributed by atoms with Crippen LogP contribution < -0.4 is 4.74 Å². The van der Waals surface area contributed by atoms with Crippen LogP contribution in [0.1, 0.15) is 38.2 Å². The molecule has 0 radical (unpaired) electrons. The van der Waals surface area contributed by atoms with E-state index in [1.54, 1.807) is 14.0 Å². The fraction of sp³-hybridized carbons (Fsp3) is 0.545. The van der Waals surface area contributed by atoms with Crippen molar-refractivity contribution in [2.75, 3.05) is 21.3 Å². The SMILES string of the molecule is C=C[C@@H]1CC(C(=O)OC)(C(=O)OC)[C@@]2(C)[C@H](c3ccc(OC)cc3)C[C@@H](C)ON2O1. The van der Waals surface area contributed by atoms with E-state index >= 15 is 0 Å². The standard InChI is InChI=1S/C22H29NO7/c1-7-16-13-22(19(24)27-5,20(25)28-6)21(3)18(12-14(2)29-23(21)30-16)15-8-10-17(26-4)11-9-15/h7-11,14,16,18H,1,12-13H2,2-6H3/t14-,16-,18+,21-/m1/s1. The second-order valence-electron chi connectivity index (χ2n) is 7.85. The number of carbonyl (C=O) groups is 2. The van der Waals surface area contributed by atoms with E-state index in [4.69, 9.17) is 23.9 Å². The summed E-state index contributed by atoms with van der Waals surface area (Å²) in [6.07, 6.45) is 1.25. The van der Waals surface area contributed by atoms with Crippen LogP contribution in [0.2, 0.25) is 0 Å². The molecule has 2 saturated heterocycles. The Morgan fingerprint density at radius 3 is 2.23 bits per heavy atom. The summed E-state index contributed by atoms with van der Waals surface area (Å²) in [5, 5.41) is 1.29. The van der Waals surface area contributed by atoms with Gasteiger partial charge in [0.15, 0.2) is 5.41 Å². The van der Waals surface area contributed by atoms with Crippen LogP contribution in [-0.2, 0) is 28.7 Å². The smallest absolute Gasteiger partial charge is 0.325 e. The highest BCUT2D eigenvalue weighted by molar-refractivity contribution is 6.02. The topological polar surface area (TPSA) is 83.5 Å². The Bertz CT molecular complexity index is 792. The van der Waals surface area contributed by atoms with Gasteiger partial charge in [-0.25, -0.2) is 0 Å². The summed E-state index contributed by atoms with van der Waals surface area (Å²) >= 11 is 0. The zero-order valence-electron chi connectivity index (χ0n) is 18.0. The molecule has 2 fully saturated rings. The van der Waals surface area contributed by atoms with Crippen molar-refractivity contribution < 1.29 is 33.5 Å². The van der Waals surface area contributed by atoms with Crippen LogP contribution in [0.15, 0.2) is 36.9 Å². The third-order valence-corrected chi connectivity index (χ3v) is 6.35. The quantitative estimate of drug-likeness (QED) is 0.409. The zero-order chi connectivity index (χ0) is 22.1. The van der Waals surface area contributed by atoms with Crippen LogP contribution in [0.4, 0.5) is 0 Å². The van der Waals surface area contributed by atoms with Crippen LogP contribution in [-0.4, -0.2) is 56.2 Å². The fourth-order valence-electron chi connectivity index (χ4n) is 4.70. The minimum absolute atomic E-state index is 0.0211. The molecule has 2 aliphatic heterocycles. The molecular formula is C22H29NO7. The fourth-order valence-corrected chi connectivity index (χ4v) is 4.70. The number of carbonyl (C=O) groups excluding carboxylic acids is 2. The number of ether oxygens (including phenoxy) is 3. The Hall–Kier alpha value is -2.42. The van der Waals surface area contributed by atoms with E-state index in [0.717, 1.165) is 5.56 Å². The van der Waals surface area contributed by atoms with Crippen molar-refractivity contribution >= 4 is 11.9 Å². The maximum Gasteiger partial charge on any atom is 0.325 e. The number of benzene rings is 1. The molecular weight excluding hydrogens is 390 g/mol. The van der Waals surface area contributed by atoms with Crippen molar-refractivity contribution in [3.8, 4) is 5.75 Å². The molecule has 1 aromatic rings. The molecule has 164 valence electrons. The van der Waals surface area contributed by atoms with Crippen molar-refractivity contribution in [1.29, 1.82) is 0 Å². The van der Waals surface area contributed by atoms with Gasteiger partial charge >= 0.3 is 11.9 Å². The number of hydroxylamine groups is 2. The third-order valence-electron chi connectivity index (χ3n) is 6.35. The van der Waals surface area contributed by atoms with Crippen molar-refractivity contribution in [2.45, 2.75) is 50.4 Å². The van der Waals surface area contributed by atoms with Gasteiger partial charge in [-0.2, -0.15) is 0 Å². The Balaban J connectivity index is 2.24. The number of hydrogen-bond donors (Lipinski definition) is 0. The third kappa shape index (κ3) is 3.19. The predicted octanol–water partition coefficient (Wildman–Crippen LogP) is 2.79. The van der Waals surface area contributed by atoms with E-state index in [2.05, 4.69) is 6.58 Å². The van der Waals surface area contributed by atoms with Gasteiger partial charge in [0.25, 0.3) is 0 Å². The van der Waals surface area contributed by atoms with Gasteiger partial charge in [-0.05, 0) is 38.0 Å². The molecule has 2 aliphatic rings. The van der Waals surface area contributed by atoms with Gasteiger partial charge in [-0.3, -0.25) is 19.3 Å². The Labute approximate surface area is 176 Å². The van der Waals surface area contributed by atoms with Gasteiger partial charge in [0.2, 0.25) is 0 Å². The van der Waals surface area contributed by atoms with Crippen LogP contribution in [0.25, 0.3) is 0 Å². The Morgan fingerprint density at radius 1 is 1.13 bits per heavy atom. The largest absolute Gasteiger partial charge is 0.497 e. The highest BCUT2D eigenvalue weighted by atomic mass is 17.0. The highest BCUT2D eigenvalue weighted by Gasteiger charge is 2.72. The lowest BCUT2D eigenvalue weighted by molar-refractivity contribution is -0.483. The molecule has 0 N–H and O–H groups in total. The summed E-state index contributed by atoms with van der Waals surface area (Å²) in [6, 6.07) is 7.53. The van der Waals surface area contributed by atoms with E-state index < -0.39 is 29.0 Å². The van der Waals surface area contributed by atoms with Crippen molar-refractivity contribution in [3.63, 3.8) is 0 Å². The van der Waals surface area contributed by atoms with Crippen LogP contribution >= 0.6 is 0 Å². The molecule has 0 aliphatic carbocycles. The molecule has 0 spiro atoms. The molecule has 3 rings (SSSR count). The zero-order valence-corrected chi connectivity index (χ0v) is 18.0. The first-order valence-electron chi connectivity index (χ1n) is 9.85. The van der Waals surface area contributed by atoms with Gasteiger partial charge in [-0.1, -0.05) is 23.4 Å². The summed E-state index contributed by atoms with van der Waals surface area (Å²) in [7, 11) is 4.11. The first-order valence-corrected chi connectivity index (χ1v) is 9.85. The number of fused-ring (bicyclic) bond motifs is 1.